The van der Waals surface area contributed by atoms with E-state index in [4.69, 9.17) is 27.9 Å². The first-order valence-electron chi connectivity index (χ1n) is 7.00. The van der Waals surface area contributed by atoms with Crippen molar-refractivity contribution in [3.63, 3.8) is 0 Å². The van der Waals surface area contributed by atoms with Gasteiger partial charge in [-0.3, -0.25) is 0 Å². The van der Waals surface area contributed by atoms with E-state index in [1.807, 2.05) is 23.9 Å². The Bertz CT molecular complexity index is 436. The number of nitrogens with one attached hydrogen (secondary N) is 1. The molecule has 0 aromatic heterocycles. The number of hydrogen-bond donors (Lipinski definition) is 1. The molecule has 1 aromatic rings. The van der Waals surface area contributed by atoms with Crippen LogP contribution in [0, 0.1) is 5.92 Å². The zero-order valence-corrected chi connectivity index (χ0v) is 14.2. The molecular weight excluding hydrogens is 313 g/mol. The number of halogens is 2. The number of benzene rings is 1. The smallest absolute Gasteiger partial charge is 0.138 e. The van der Waals surface area contributed by atoms with Gasteiger partial charge < -0.3 is 10.1 Å². The SMILES string of the molecule is CC(C)SC[C@@H](Oc1ccc(Cl)cc1Cl)[C@H]1CCNC1. The fourth-order valence-corrected chi connectivity index (χ4v) is 3.65. The third-order valence-corrected chi connectivity index (χ3v) is 5.11. The molecule has 5 heteroatoms. The van der Waals surface area contributed by atoms with Gasteiger partial charge >= 0.3 is 0 Å². The Morgan fingerprint density at radius 3 is 2.80 bits per heavy atom. The van der Waals surface area contributed by atoms with Gasteiger partial charge in [0.05, 0.1) is 5.02 Å². The molecule has 1 aliphatic heterocycles. The quantitative estimate of drug-likeness (QED) is 0.828. The maximum atomic E-state index is 6.21. The van der Waals surface area contributed by atoms with Crippen molar-refractivity contribution < 1.29 is 4.74 Å². The van der Waals surface area contributed by atoms with Crippen molar-refractivity contribution in [2.45, 2.75) is 31.6 Å². The molecule has 0 aliphatic carbocycles. The molecule has 1 N–H and O–H groups in total. The van der Waals surface area contributed by atoms with Gasteiger partial charge in [-0.25, -0.2) is 0 Å². The van der Waals surface area contributed by atoms with Gasteiger partial charge in [-0.15, -0.1) is 0 Å². The third-order valence-electron chi connectivity index (χ3n) is 3.39. The lowest BCUT2D eigenvalue weighted by Gasteiger charge is -2.25. The second-order valence-electron chi connectivity index (χ2n) is 5.37. The summed E-state index contributed by atoms with van der Waals surface area (Å²) in [6.07, 6.45) is 1.35. The van der Waals surface area contributed by atoms with Gasteiger partial charge in [0.2, 0.25) is 0 Å². The first-order valence-corrected chi connectivity index (χ1v) is 8.80. The van der Waals surface area contributed by atoms with Crippen LogP contribution in [0.3, 0.4) is 0 Å². The second kappa shape index (κ2) is 7.79. The minimum Gasteiger partial charge on any atom is -0.488 e. The summed E-state index contributed by atoms with van der Waals surface area (Å²) < 4.78 is 6.18. The Hall–Kier alpha value is -0.0900. The Morgan fingerprint density at radius 1 is 1.40 bits per heavy atom. The molecule has 1 aromatic carbocycles. The fraction of sp³-hybridized carbons (Fsp3) is 0.600. The molecule has 1 saturated heterocycles. The molecule has 20 heavy (non-hydrogen) atoms. The van der Waals surface area contributed by atoms with Gasteiger partial charge in [-0.2, -0.15) is 11.8 Å². The normalized spacial score (nSPS) is 20.4. The highest BCUT2D eigenvalue weighted by atomic mass is 35.5. The first kappa shape index (κ1) is 16.3. The minimum atomic E-state index is 0.191. The molecule has 1 fully saturated rings. The highest BCUT2D eigenvalue weighted by molar-refractivity contribution is 7.99. The average molecular weight is 334 g/mol. The van der Waals surface area contributed by atoms with Crippen LogP contribution in [0.4, 0.5) is 0 Å². The summed E-state index contributed by atoms with van der Waals surface area (Å²) in [6.45, 7) is 6.52. The summed E-state index contributed by atoms with van der Waals surface area (Å²) in [5.74, 6) is 2.27. The molecule has 1 heterocycles. The summed E-state index contributed by atoms with van der Waals surface area (Å²) in [5.41, 5.74) is 0. The largest absolute Gasteiger partial charge is 0.488 e. The lowest BCUT2D eigenvalue weighted by atomic mass is 10.0. The van der Waals surface area contributed by atoms with Crippen LogP contribution in [0.25, 0.3) is 0 Å². The summed E-state index contributed by atoms with van der Waals surface area (Å²) in [4.78, 5) is 0. The zero-order valence-electron chi connectivity index (χ0n) is 11.9. The van der Waals surface area contributed by atoms with Crippen LogP contribution in [-0.2, 0) is 0 Å². The van der Waals surface area contributed by atoms with E-state index in [1.54, 1.807) is 6.07 Å². The van der Waals surface area contributed by atoms with E-state index < -0.39 is 0 Å². The first-order chi connectivity index (χ1) is 9.56. The summed E-state index contributed by atoms with van der Waals surface area (Å²) >= 11 is 14.1. The van der Waals surface area contributed by atoms with Crippen LogP contribution < -0.4 is 10.1 Å². The number of thioether (sulfide) groups is 1. The standard InChI is InChI=1S/C15H21Cl2NOS/c1-10(2)20-9-15(11-5-6-18-8-11)19-14-4-3-12(16)7-13(14)17/h3-4,7,10-11,15,18H,5-6,8-9H2,1-2H3/t11-,15+/m0/s1. The predicted octanol–water partition coefficient (Wildman–Crippen LogP) is 4.49. The average Bonchev–Trinajstić information content (AvgIpc) is 2.90. The molecule has 1 aliphatic rings. The molecule has 0 unspecified atom stereocenters. The van der Waals surface area contributed by atoms with Crippen LogP contribution in [0.15, 0.2) is 18.2 Å². The minimum absolute atomic E-state index is 0.191. The Balaban J connectivity index is 2.05. The highest BCUT2D eigenvalue weighted by Gasteiger charge is 2.27. The monoisotopic (exact) mass is 333 g/mol. The van der Waals surface area contributed by atoms with Gasteiger partial charge in [-0.1, -0.05) is 37.0 Å². The maximum absolute atomic E-state index is 6.21. The topological polar surface area (TPSA) is 21.3 Å². The number of ether oxygens (including phenoxy) is 1. The van der Waals surface area contributed by atoms with E-state index >= 15 is 0 Å². The van der Waals surface area contributed by atoms with Crippen LogP contribution in [0.5, 0.6) is 5.75 Å². The van der Waals surface area contributed by atoms with Crippen LogP contribution in [-0.4, -0.2) is 30.2 Å². The highest BCUT2D eigenvalue weighted by Crippen LogP contribution is 2.31. The number of hydrogen-bond acceptors (Lipinski definition) is 3. The molecule has 0 spiro atoms. The van der Waals surface area contributed by atoms with E-state index in [9.17, 15) is 0 Å². The predicted molar refractivity (Wildman–Crippen MR) is 89.4 cm³/mol. The zero-order chi connectivity index (χ0) is 14.5. The second-order valence-corrected chi connectivity index (χ2v) is 7.82. The van der Waals surface area contributed by atoms with Crippen molar-refractivity contribution in [3.8, 4) is 5.75 Å². The lowest BCUT2D eigenvalue weighted by molar-refractivity contribution is 0.165. The van der Waals surface area contributed by atoms with Crippen molar-refractivity contribution in [1.82, 2.24) is 5.32 Å². The Kier molecular flexibility index (Phi) is 6.34. The Morgan fingerprint density at radius 2 is 2.20 bits per heavy atom. The van der Waals surface area contributed by atoms with Gasteiger partial charge in [0, 0.05) is 23.2 Å². The fourth-order valence-electron chi connectivity index (χ4n) is 2.28. The van der Waals surface area contributed by atoms with Crippen molar-refractivity contribution in [2.24, 2.45) is 5.92 Å². The molecule has 0 bridgehead atoms. The molecule has 0 radical (unpaired) electrons. The molecule has 2 nitrogen and oxygen atoms in total. The van der Waals surface area contributed by atoms with Gasteiger partial charge in [0.1, 0.15) is 11.9 Å². The van der Waals surface area contributed by atoms with E-state index in [0.717, 1.165) is 31.0 Å². The van der Waals surface area contributed by atoms with Crippen molar-refractivity contribution in [1.29, 1.82) is 0 Å². The molecule has 0 saturated carbocycles. The summed E-state index contributed by atoms with van der Waals surface area (Å²) in [6, 6.07) is 5.42. The lowest BCUT2D eigenvalue weighted by Crippen LogP contribution is -2.31. The molecule has 112 valence electrons. The van der Waals surface area contributed by atoms with E-state index in [1.165, 1.54) is 0 Å². The third kappa shape index (κ3) is 4.73. The van der Waals surface area contributed by atoms with E-state index in [2.05, 4.69) is 19.2 Å². The van der Waals surface area contributed by atoms with Crippen LogP contribution >= 0.6 is 35.0 Å². The van der Waals surface area contributed by atoms with Crippen molar-refractivity contribution in [2.75, 3.05) is 18.8 Å². The van der Waals surface area contributed by atoms with Crippen LogP contribution in [0.1, 0.15) is 20.3 Å². The summed E-state index contributed by atoms with van der Waals surface area (Å²) in [5, 5.41) is 5.24. The summed E-state index contributed by atoms with van der Waals surface area (Å²) in [7, 11) is 0. The van der Waals surface area contributed by atoms with E-state index in [0.29, 0.717) is 21.2 Å². The van der Waals surface area contributed by atoms with Gasteiger partial charge in [0.25, 0.3) is 0 Å². The number of rotatable bonds is 6. The molecule has 2 atom stereocenters. The van der Waals surface area contributed by atoms with E-state index in [-0.39, 0.29) is 6.10 Å². The maximum Gasteiger partial charge on any atom is 0.138 e. The Labute approximate surface area is 135 Å². The molecule has 2 rings (SSSR count). The van der Waals surface area contributed by atoms with Crippen molar-refractivity contribution >= 4 is 35.0 Å². The van der Waals surface area contributed by atoms with Crippen molar-refractivity contribution in [3.05, 3.63) is 28.2 Å². The molecular formula is C15H21Cl2NOS. The van der Waals surface area contributed by atoms with Gasteiger partial charge in [-0.05, 0) is 36.4 Å². The van der Waals surface area contributed by atoms with Gasteiger partial charge in [0.15, 0.2) is 0 Å². The van der Waals surface area contributed by atoms with Crippen LogP contribution in [0.2, 0.25) is 10.0 Å². The molecule has 0 amide bonds.